The number of hydrogen-bond donors (Lipinski definition) is 1. The third kappa shape index (κ3) is 3.11. The molecule has 1 aromatic carbocycles. The van der Waals surface area contributed by atoms with E-state index in [4.69, 9.17) is 23.2 Å². The molecular formula is C14H17Cl2N3. The first-order valence-corrected chi connectivity index (χ1v) is 7.13. The first-order chi connectivity index (χ1) is 9.17. The van der Waals surface area contributed by atoms with E-state index in [0.29, 0.717) is 10.0 Å². The average molecular weight is 298 g/mol. The molecule has 1 atom stereocenters. The summed E-state index contributed by atoms with van der Waals surface area (Å²) in [5.41, 5.74) is 2.07. The van der Waals surface area contributed by atoms with Crippen molar-refractivity contribution < 1.29 is 0 Å². The van der Waals surface area contributed by atoms with Crippen LogP contribution in [0.1, 0.15) is 31.1 Å². The highest BCUT2D eigenvalue weighted by atomic mass is 35.5. The van der Waals surface area contributed by atoms with Crippen molar-refractivity contribution in [2.75, 3.05) is 6.54 Å². The summed E-state index contributed by atoms with van der Waals surface area (Å²) in [6.07, 6.45) is 1.81. The van der Waals surface area contributed by atoms with Gasteiger partial charge in [-0.05, 0) is 43.3 Å². The molecule has 0 saturated heterocycles. The van der Waals surface area contributed by atoms with Gasteiger partial charge in [-0.15, -0.1) is 0 Å². The van der Waals surface area contributed by atoms with Gasteiger partial charge in [0.25, 0.3) is 0 Å². The Labute approximate surface area is 123 Å². The molecule has 1 heterocycles. The van der Waals surface area contributed by atoms with Gasteiger partial charge in [-0.2, -0.15) is 5.10 Å². The van der Waals surface area contributed by atoms with Gasteiger partial charge in [-0.3, -0.25) is 4.68 Å². The van der Waals surface area contributed by atoms with Crippen molar-refractivity contribution in [2.24, 2.45) is 0 Å². The summed E-state index contributed by atoms with van der Waals surface area (Å²) in [6.45, 7) is 5.79. The number of nitrogens with one attached hydrogen (secondary N) is 1. The van der Waals surface area contributed by atoms with E-state index in [1.165, 1.54) is 0 Å². The summed E-state index contributed by atoms with van der Waals surface area (Å²) in [6, 6.07) is 7.54. The quantitative estimate of drug-likeness (QED) is 0.907. The van der Waals surface area contributed by atoms with Crippen LogP contribution in [0.4, 0.5) is 0 Å². The minimum atomic E-state index is -0.00125. The van der Waals surface area contributed by atoms with E-state index in [0.717, 1.165) is 24.3 Å². The smallest absolute Gasteiger partial charge is 0.0763 e. The fourth-order valence-electron chi connectivity index (χ4n) is 2.17. The van der Waals surface area contributed by atoms with Gasteiger partial charge < -0.3 is 5.32 Å². The Bertz CT molecular complexity index is 551. The van der Waals surface area contributed by atoms with Gasteiger partial charge in [-0.1, -0.05) is 30.1 Å². The summed E-state index contributed by atoms with van der Waals surface area (Å²) < 4.78 is 1.96. The van der Waals surface area contributed by atoms with E-state index in [2.05, 4.69) is 24.3 Å². The molecule has 0 spiro atoms. The molecule has 0 bridgehead atoms. The maximum atomic E-state index is 6.31. The second-order valence-corrected chi connectivity index (χ2v) is 5.07. The maximum Gasteiger partial charge on any atom is 0.0763 e. The van der Waals surface area contributed by atoms with Gasteiger partial charge in [-0.25, -0.2) is 0 Å². The van der Waals surface area contributed by atoms with Crippen molar-refractivity contribution in [1.29, 1.82) is 0 Å². The summed E-state index contributed by atoms with van der Waals surface area (Å²) in [4.78, 5) is 0. The summed E-state index contributed by atoms with van der Waals surface area (Å²) in [5, 5.41) is 9.15. The van der Waals surface area contributed by atoms with E-state index in [9.17, 15) is 0 Å². The van der Waals surface area contributed by atoms with E-state index in [1.807, 2.05) is 29.1 Å². The Morgan fingerprint density at radius 1 is 1.26 bits per heavy atom. The summed E-state index contributed by atoms with van der Waals surface area (Å²) >= 11 is 12.4. The number of halogens is 2. The molecule has 0 amide bonds. The molecule has 19 heavy (non-hydrogen) atoms. The molecule has 102 valence electrons. The van der Waals surface area contributed by atoms with Gasteiger partial charge in [0.15, 0.2) is 0 Å². The molecule has 0 fully saturated rings. The topological polar surface area (TPSA) is 29.9 Å². The molecule has 0 aliphatic heterocycles. The Morgan fingerprint density at radius 3 is 2.74 bits per heavy atom. The molecule has 0 aliphatic carbocycles. The van der Waals surface area contributed by atoms with Crippen LogP contribution in [0.3, 0.4) is 0 Å². The highest BCUT2D eigenvalue weighted by Crippen LogP contribution is 2.30. The minimum Gasteiger partial charge on any atom is -0.305 e. The van der Waals surface area contributed by atoms with Crippen LogP contribution < -0.4 is 5.32 Å². The van der Waals surface area contributed by atoms with Crippen LogP contribution in [0.5, 0.6) is 0 Å². The number of hydrogen-bond acceptors (Lipinski definition) is 2. The van der Waals surface area contributed by atoms with E-state index in [1.54, 1.807) is 6.07 Å². The van der Waals surface area contributed by atoms with Gasteiger partial charge in [0.05, 0.1) is 11.7 Å². The number of aryl methyl sites for hydroxylation is 1. The molecule has 2 rings (SSSR count). The third-order valence-corrected chi connectivity index (χ3v) is 3.60. The standard InChI is InChI=1S/C14H17Cl2N3/c1-3-17-14(13-7-8-18-19(13)4-2)11-9-10(15)5-6-12(11)16/h5-9,14,17H,3-4H2,1-2H3. The maximum absolute atomic E-state index is 6.31. The molecule has 1 unspecified atom stereocenters. The van der Waals surface area contributed by atoms with Gasteiger partial charge in [0, 0.05) is 22.8 Å². The highest BCUT2D eigenvalue weighted by Gasteiger charge is 2.19. The SMILES string of the molecule is CCNC(c1cc(Cl)ccc1Cl)c1ccnn1CC. The van der Waals surface area contributed by atoms with Crippen LogP contribution in [0.15, 0.2) is 30.5 Å². The van der Waals surface area contributed by atoms with Gasteiger partial charge in [0.2, 0.25) is 0 Å². The Kier molecular flexibility index (Phi) is 4.86. The molecule has 5 heteroatoms. The van der Waals surface area contributed by atoms with Crippen molar-refractivity contribution in [3.63, 3.8) is 0 Å². The van der Waals surface area contributed by atoms with Crippen molar-refractivity contribution >= 4 is 23.2 Å². The molecule has 2 aromatic rings. The number of nitrogens with zero attached hydrogens (tertiary/aromatic N) is 2. The average Bonchev–Trinajstić information content (AvgIpc) is 2.87. The molecule has 3 nitrogen and oxygen atoms in total. The van der Waals surface area contributed by atoms with Crippen LogP contribution in [-0.4, -0.2) is 16.3 Å². The first-order valence-electron chi connectivity index (χ1n) is 6.37. The molecule has 0 radical (unpaired) electrons. The first kappa shape index (κ1) is 14.4. The highest BCUT2D eigenvalue weighted by molar-refractivity contribution is 6.33. The largest absolute Gasteiger partial charge is 0.305 e. The zero-order valence-electron chi connectivity index (χ0n) is 11.0. The van der Waals surface area contributed by atoms with Crippen LogP contribution >= 0.6 is 23.2 Å². The normalized spacial score (nSPS) is 12.6. The lowest BCUT2D eigenvalue weighted by atomic mass is 10.0. The van der Waals surface area contributed by atoms with Gasteiger partial charge in [0.1, 0.15) is 0 Å². The zero-order chi connectivity index (χ0) is 13.8. The number of aromatic nitrogens is 2. The molecule has 0 aliphatic rings. The van der Waals surface area contributed by atoms with E-state index < -0.39 is 0 Å². The Morgan fingerprint density at radius 2 is 2.05 bits per heavy atom. The van der Waals surface area contributed by atoms with Crippen molar-refractivity contribution in [3.05, 3.63) is 51.8 Å². The van der Waals surface area contributed by atoms with E-state index >= 15 is 0 Å². The minimum absolute atomic E-state index is 0.00125. The molecule has 0 saturated carbocycles. The van der Waals surface area contributed by atoms with Gasteiger partial charge >= 0.3 is 0 Å². The summed E-state index contributed by atoms with van der Waals surface area (Å²) in [5.74, 6) is 0. The van der Waals surface area contributed by atoms with Crippen LogP contribution in [-0.2, 0) is 6.54 Å². The monoisotopic (exact) mass is 297 g/mol. The summed E-state index contributed by atoms with van der Waals surface area (Å²) in [7, 11) is 0. The Hall–Kier alpha value is -1.03. The van der Waals surface area contributed by atoms with Crippen LogP contribution in [0.2, 0.25) is 10.0 Å². The van der Waals surface area contributed by atoms with Crippen molar-refractivity contribution in [1.82, 2.24) is 15.1 Å². The second-order valence-electron chi connectivity index (χ2n) is 4.23. The predicted octanol–water partition coefficient (Wildman–Crippen LogP) is 3.91. The molecular weight excluding hydrogens is 281 g/mol. The molecule has 1 N–H and O–H groups in total. The van der Waals surface area contributed by atoms with Crippen LogP contribution in [0, 0.1) is 0 Å². The fourth-order valence-corrected chi connectivity index (χ4v) is 2.57. The van der Waals surface area contributed by atoms with Crippen molar-refractivity contribution in [3.8, 4) is 0 Å². The Balaban J connectivity index is 2.48. The second kappa shape index (κ2) is 6.42. The van der Waals surface area contributed by atoms with E-state index in [-0.39, 0.29) is 6.04 Å². The lowest BCUT2D eigenvalue weighted by Gasteiger charge is -2.21. The zero-order valence-corrected chi connectivity index (χ0v) is 12.5. The van der Waals surface area contributed by atoms with Crippen molar-refractivity contribution in [2.45, 2.75) is 26.4 Å². The fraction of sp³-hybridized carbons (Fsp3) is 0.357. The third-order valence-electron chi connectivity index (χ3n) is 3.02. The number of rotatable bonds is 5. The lowest BCUT2D eigenvalue weighted by molar-refractivity contribution is 0.542. The van der Waals surface area contributed by atoms with Crippen LogP contribution in [0.25, 0.3) is 0 Å². The predicted molar refractivity (Wildman–Crippen MR) is 79.9 cm³/mol. The lowest BCUT2D eigenvalue weighted by Crippen LogP contribution is -2.25. The molecule has 1 aromatic heterocycles. The number of benzene rings is 1.